The minimum absolute atomic E-state index is 0. The molecule has 3 N–H and O–H groups in total. The van der Waals surface area contributed by atoms with Crippen LogP contribution in [0.25, 0.3) is 0 Å². The molecule has 1 atom stereocenters. The van der Waals surface area contributed by atoms with Gasteiger partial charge in [0.2, 0.25) is 5.91 Å². The van der Waals surface area contributed by atoms with Crippen LogP contribution in [0.1, 0.15) is 12.5 Å². The van der Waals surface area contributed by atoms with Crippen LogP contribution >= 0.6 is 24.8 Å². The number of nitrogens with two attached hydrogens (primary N) is 1. The molecule has 0 aliphatic carbocycles. The molecule has 0 radical (unpaired) electrons. The smallest absolute Gasteiger partial charge is 0.229 e. The first-order valence-corrected chi connectivity index (χ1v) is 6.62. The lowest BCUT2D eigenvalue weighted by Crippen LogP contribution is -2.26. The van der Waals surface area contributed by atoms with Gasteiger partial charge >= 0.3 is 0 Å². The van der Waals surface area contributed by atoms with E-state index in [2.05, 4.69) is 15.4 Å². The lowest BCUT2D eigenvalue weighted by molar-refractivity contribution is -0.119. The Kier molecular flexibility index (Phi) is 9.40. The molecular weight excluding hydrogens is 325 g/mol. The van der Waals surface area contributed by atoms with E-state index in [-0.39, 0.29) is 36.6 Å². The van der Waals surface area contributed by atoms with Crippen molar-refractivity contribution in [3.63, 3.8) is 0 Å². The Morgan fingerprint density at radius 3 is 2.64 bits per heavy atom. The van der Waals surface area contributed by atoms with Crippen LogP contribution in [0.2, 0.25) is 0 Å². The Bertz CT molecular complexity index is 561. The summed E-state index contributed by atoms with van der Waals surface area (Å²) in [7, 11) is 0. The molecule has 0 spiro atoms. The third-order valence-electron chi connectivity index (χ3n) is 3.07. The topological polar surface area (TPSA) is 85.8 Å². The zero-order valence-corrected chi connectivity index (χ0v) is 13.9. The zero-order chi connectivity index (χ0) is 14.4. The lowest BCUT2D eigenvalue weighted by Gasteiger charge is -2.07. The molecule has 0 aromatic carbocycles. The maximum absolute atomic E-state index is 11.7. The summed E-state index contributed by atoms with van der Waals surface area (Å²) in [6, 6.07) is 5.75. The van der Waals surface area contributed by atoms with Crippen LogP contribution < -0.4 is 11.1 Å². The SMILES string of the molecule is CC(CN)C(=O)Nc1ccn(CCc2ccncc2)n1.Cl.Cl. The fourth-order valence-corrected chi connectivity index (χ4v) is 1.70. The summed E-state index contributed by atoms with van der Waals surface area (Å²) in [5.74, 6) is 0.244. The van der Waals surface area contributed by atoms with Crippen LogP contribution in [0.4, 0.5) is 5.82 Å². The lowest BCUT2D eigenvalue weighted by atomic mass is 10.2. The molecule has 1 unspecified atom stereocenters. The Morgan fingerprint density at radius 2 is 2.00 bits per heavy atom. The molecule has 0 bridgehead atoms. The van der Waals surface area contributed by atoms with Crippen LogP contribution in [0.15, 0.2) is 36.8 Å². The Hall–Kier alpha value is -1.63. The number of nitrogens with one attached hydrogen (secondary N) is 1. The van der Waals surface area contributed by atoms with Gasteiger partial charge in [0.25, 0.3) is 0 Å². The molecule has 2 heterocycles. The van der Waals surface area contributed by atoms with E-state index >= 15 is 0 Å². The van der Waals surface area contributed by atoms with Gasteiger partial charge in [-0.1, -0.05) is 6.92 Å². The van der Waals surface area contributed by atoms with Gasteiger partial charge in [0, 0.05) is 43.7 Å². The van der Waals surface area contributed by atoms with Gasteiger partial charge in [-0.2, -0.15) is 5.10 Å². The summed E-state index contributed by atoms with van der Waals surface area (Å²) in [6.45, 7) is 2.87. The number of aromatic nitrogens is 3. The van der Waals surface area contributed by atoms with Crippen LogP contribution in [0.3, 0.4) is 0 Å². The zero-order valence-electron chi connectivity index (χ0n) is 12.3. The van der Waals surface area contributed by atoms with Crippen molar-refractivity contribution in [1.29, 1.82) is 0 Å². The van der Waals surface area contributed by atoms with Crippen LogP contribution in [0.5, 0.6) is 0 Å². The summed E-state index contributed by atoms with van der Waals surface area (Å²) >= 11 is 0. The Morgan fingerprint density at radius 1 is 1.32 bits per heavy atom. The molecular formula is C14H21Cl2N5O. The first-order valence-electron chi connectivity index (χ1n) is 6.62. The van der Waals surface area contributed by atoms with Gasteiger partial charge in [-0.15, -0.1) is 24.8 Å². The highest BCUT2D eigenvalue weighted by atomic mass is 35.5. The van der Waals surface area contributed by atoms with Gasteiger partial charge in [0.1, 0.15) is 0 Å². The molecule has 0 saturated heterocycles. The monoisotopic (exact) mass is 345 g/mol. The molecule has 122 valence electrons. The average molecular weight is 346 g/mol. The second-order valence-corrected chi connectivity index (χ2v) is 4.70. The Labute approximate surface area is 142 Å². The van der Waals surface area contributed by atoms with E-state index in [9.17, 15) is 4.79 Å². The number of hydrogen-bond acceptors (Lipinski definition) is 4. The number of amides is 1. The van der Waals surface area contributed by atoms with E-state index in [0.717, 1.165) is 13.0 Å². The van der Waals surface area contributed by atoms with Gasteiger partial charge in [-0.3, -0.25) is 14.5 Å². The van der Waals surface area contributed by atoms with Crippen molar-refractivity contribution in [3.8, 4) is 0 Å². The molecule has 8 heteroatoms. The highest BCUT2D eigenvalue weighted by Crippen LogP contribution is 2.06. The number of pyridine rings is 1. The molecule has 0 fully saturated rings. The average Bonchev–Trinajstić information content (AvgIpc) is 2.92. The molecule has 6 nitrogen and oxygen atoms in total. The van der Waals surface area contributed by atoms with E-state index < -0.39 is 0 Å². The summed E-state index contributed by atoms with van der Waals surface area (Å²) in [5.41, 5.74) is 6.66. The van der Waals surface area contributed by atoms with E-state index in [1.807, 2.05) is 23.0 Å². The fourth-order valence-electron chi connectivity index (χ4n) is 1.70. The number of rotatable bonds is 6. The van der Waals surface area contributed by atoms with Crippen LogP contribution in [-0.2, 0) is 17.8 Å². The number of aryl methyl sites for hydroxylation is 2. The number of halogens is 2. The summed E-state index contributed by atoms with van der Waals surface area (Å²) in [5, 5.41) is 7.06. The van der Waals surface area contributed by atoms with Gasteiger partial charge < -0.3 is 11.1 Å². The van der Waals surface area contributed by atoms with Crippen molar-refractivity contribution in [3.05, 3.63) is 42.4 Å². The first-order chi connectivity index (χ1) is 9.69. The predicted octanol–water partition coefficient (Wildman–Crippen LogP) is 1.90. The third-order valence-corrected chi connectivity index (χ3v) is 3.07. The normalized spacial score (nSPS) is 11.0. The minimum atomic E-state index is -0.211. The molecule has 0 aliphatic heterocycles. The third kappa shape index (κ3) is 6.01. The highest BCUT2D eigenvalue weighted by molar-refractivity contribution is 5.91. The number of anilines is 1. The van der Waals surface area contributed by atoms with Crippen molar-refractivity contribution in [2.45, 2.75) is 19.9 Å². The molecule has 2 aromatic rings. The molecule has 22 heavy (non-hydrogen) atoms. The van der Waals surface area contributed by atoms with E-state index in [4.69, 9.17) is 5.73 Å². The molecule has 2 aromatic heterocycles. The molecule has 0 aliphatic rings. The van der Waals surface area contributed by atoms with Gasteiger partial charge in [0.05, 0.1) is 0 Å². The maximum atomic E-state index is 11.7. The van der Waals surface area contributed by atoms with E-state index in [0.29, 0.717) is 12.4 Å². The van der Waals surface area contributed by atoms with Crippen molar-refractivity contribution in [1.82, 2.24) is 14.8 Å². The minimum Gasteiger partial charge on any atom is -0.330 e. The second-order valence-electron chi connectivity index (χ2n) is 4.70. The van der Waals surface area contributed by atoms with Crippen molar-refractivity contribution < 1.29 is 4.79 Å². The second kappa shape index (κ2) is 10.2. The molecule has 0 saturated carbocycles. The quantitative estimate of drug-likeness (QED) is 0.837. The number of carbonyl (C=O) groups is 1. The van der Waals surface area contributed by atoms with Crippen molar-refractivity contribution in [2.24, 2.45) is 11.7 Å². The highest BCUT2D eigenvalue weighted by Gasteiger charge is 2.11. The first kappa shape index (κ1) is 20.4. The van der Waals surface area contributed by atoms with Gasteiger partial charge in [0.15, 0.2) is 5.82 Å². The predicted molar refractivity (Wildman–Crippen MR) is 91.5 cm³/mol. The van der Waals surface area contributed by atoms with Crippen molar-refractivity contribution in [2.75, 3.05) is 11.9 Å². The maximum Gasteiger partial charge on any atom is 0.229 e. The van der Waals surface area contributed by atoms with Gasteiger partial charge in [-0.25, -0.2) is 0 Å². The van der Waals surface area contributed by atoms with Crippen LogP contribution in [-0.4, -0.2) is 27.2 Å². The van der Waals surface area contributed by atoms with E-state index in [1.165, 1.54) is 5.56 Å². The van der Waals surface area contributed by atoms with Crippen LogP contribution in [0, 0.1) is 5.92 Å². The molecule has 1 amide bonds. The van der Waals surface area contributed by atoms with E-state index in [1.54, 1.807) is 25.4 Å². The number of hydrogen-bond donors (Lipinski definition) is 2. The summed E-state index contributed by atoms with van der Waals surface area (Å²) in [4.78, 5) is 15.7. The number of carbonyl (C=O) groups excluding carboxylic acids is 1. The summed E-state index contributed by atoms with van der Waals surface area (Å²) in [6.07, 6.45) is 6.28. The molecule has 2 rings (SSSR count). The fraction of sp³-hybridized carbons (Fsp3) is 0.357. The number of nitrogens with zero attached hydrogens (tertiary/aromatic N) is 3. The van der Waals surface area contributed by atoms with Gasteiger partial charge in [-0.05, 0) is 24.1 Å². The summed E-state index contributed by atoms with van der Waals surface area (Å²) < 4.78 is 1.81. The standard InChI is InChI=1S/C14H19N5O.2ClH/c1-11(10-15)14(20)17-13-5-9-19(18-13)8-4-12-2-6-16-7-3-12;;/h2-3,5-7,9,11H,4,8,10,15H2,1H3,(H,17,18,20);2*1H. The Balaban J connectivity index is 0.00000220. The van der Waals surface area contributed by atoms with Crippen molar-refractivity contribution >= 4 is 36.5 Å². The largest absolute Gasteiger partial charge is 0.330 e.